The third-order valence-electron chi connectivity index (χ3n) is 6.35. The van der Waals surface area contributed by atoms with Crippen LogP contribution in [0.15, 0.2) is 42.5 Å². The van der Waals surface area contributed by atoms with E-state index in [0.717, 1.165) is 32.1 Å². The largest absolute Gasteiger partial charge is 0.507 e. The minimum absolute atomic E-state index is 0.0138. The highest BCUT2D eigenvalue weighted by Crippen LogP contribution is 2.32. The molecule has 1 fully saturated rings. The zero-order chi connectivity index (χ0) is 22.4. The number of nitrogens with one attached hydrogen (secondary N) is 1. The molecule has 0 unspecified atom stereocenters. The standard InChI is InChI=1S/C26H32ClNO3/c1-17-13-23(27)16-21(25(17)30)11-12-24(29)18(2)28-26(31)22-10-6-9-20(15-22)14-19-7-4-3-5-8-19/h3-5,7-8,13,16,18,20,22,30H,6,9-12,14-15H2,1-2H3,(H,28,31)/t18-,20+,22+/m0/s1. The summed E-state index contributed by atoms with van der Waals surface area (Å²) in [5, 5.41) is 13.7. The lowest BCUT2D eigenvalue weighted by atomic mass is 9.78. The van der Waals surface area contributed by atoms with Gasteiger partial charge in [0, 0.05) is 17.4 Å². The Balaban J connectivity index is 1.49. The lowest BCUT2D eigenvalue weighted by Crippen LogP contribution is -2.43. The van der Waals surface area contributed by atoms with Crippen LogP contribution in [0.25, 0.3) is 0 Å². The third-order valence-corrected chi connectivity index (χ3v) is 6.57. The highest BCUT2D eigenvalue weighted by molar-refractivity contribution is 6.30. The Bertz CT molecular complexity index is 912. The van der Waals surface area contributed by atoms with Crippen molar-refractivity contribution in [2.24, 2.45) is 11.8 Å². The number of Topliss-reactive ketones (excluding diaryl/α,β-unsaturated/α-hetero) is 1. The fourth-order valence-electron chi connectivity index (χ4n) is 4.54. The first-order valence-electron chi connectivity index (χ1n) is 11.2. The zero-order valence-electron chi connectivity index (χ0n) is 18.4. The number of halogens is 1. The monoisotopic (exact) mass is 441 g/mol. The lowest BCUT2D eigenvalue weighted by Gasteiger charge is -2.29. The van der Waals surface area contributed by atoms with Gasteiger partial charge in [-0.05, 0) is 74.3 Å². The first-order valence-corrected chi connectivity index (χ1v) is 11.6. The number of hydrogen-bond acceptors (Lipinski definition) is 3. The molecule has 166 valence electrons. The van der Waals surface area contributed by atoms with E-state index in [9.17, 15) is 14.7 Å². The highest BCUT2D eigenvalue weighted by atomic mass is 35.5. The van der Waals surface area contributed by atoms with Gasteiger partial charge in [0.2, 0.25) is 5.91 Å². The molecule has 1 saturated carbocycles. The average molecular weight is 442 g/mol. The summed E-state index contributed by atoms with van der Waals surface area (Å²) in [5.41, 5.74) is 2.67. The first-order chi connectivity index (χ1) is 14.8. The fraction of sp³-hybridized carbons (Fsp3) is 0.462. The molecule has 3 rings (SSSR count). The van der Waals surface area contributed by atoms with Crippen LogP contribution in [0.2, 0.25) is 5.02 Å². The second-order valence-corrected chi connectivity index (χ2v) is 9.28. The number of aromatic hydroxyl groups is 1. The van der Waals surface area contributed by atoms with Crippen LogP contribution in [0.5, 0.6) is 5.75 Å². The normalized spacial score (nSPS) is 19.6. The van der Waals surface area contributed by atoms with Crippen molar-refractivity contribution >= 4 is 23.3 Å². The van der Waals surface area contributed by atoms with E-state index in [0.29, 0.717) is 28.5 Å². The van der Waals surface area contributed by atoms with E-state index < -0.39 is 6.04 Å². The molecule has 1 amide bonds. The molecule has 0 spiro atoms. The fourth-order valence-corrected chi connectivity index (χ4v) is 4.84. The Hall–Kier alpha value is -2.33. The number of rotatable bonds is 8. The van der Waals surface area contributed by atoms with Gasteiger partial charge in [-0.25, -0.2) is 0 Å². The molecule has 0 saturated heterocycles. The Morgan fingerprint density at radius 3 is 2.68 bits per heavy atom. The van der Waals surface area contributed by atoms with Crippen LogP contribution in [0.4, 0.5) is 0 Å². The molecule has 3 atom stereocenters. The number of aryl methyl sites for hydroxylation is 2. The lowest BCUT2D eigenvalue weighted by molar-refractivity contribution is -0.131. The van der Waals surface area contributed by atoms with Crippen molar-refractivity contribution in [1.82, 2.24) is 5.32 Å². The molecule has 0 heterocycles. The van der Waals surface area contributed by atoms with E-state index >= 15 is 0 Å². The number of carbonyl (C=O) groups is 2. The zero-order valence-corrected chi connectivity index (χ0v) is 19.1. The molecule has 1 aliphatic rings. The second-order valence-electron chi connectivity index (χ2n) is 8.85. The summed E-state index contributed by atoms with van der Waals surface area (Å²) < 4.78 is 0. The Labute approximate surface area is 190 Å². The van der Waals surface area contributed by atoms with Gasteiger partial charge < -0.3 is 10.4 Å². The van der Waals surface area contributed by atoms with Crippen molar-refractivity contribution < 1.29 is 14.7 Å². The van der Waals surface area contributed by atoms with Gasteiger partial charge in [-0.15, -0.1) is 0 Å². The van der Waals surface area contributed by atoms with Crippen LogP contribution in [0.1, 0.15) is 55.7 Å². The van der Waals surface area contributed by atoms with Crippen LogP contribution in [-0.4, -0.2) is 22.8 Å². The number of phenolic OH excluding ortho intramolecular Hbond substituents is 1. The highest BCUT2D eigenvalue weighted by Gasteiger charge is 2.29. The van der Waals surface area contributed by atoms with E-state index in [-0.39, 0.29) is 29.8 Å². The van der Waals surface area contributed by atoms with E-state index in [1.807, 2.05) is 6.07 Å². The Morgan fingerprint density at radius 2 is 1.94 bits per heavy atom. The van der Waals surface area contributed by atoms with Crippen LogP contribution >= 0.6 is 11.6 Å². The van der Waals surface area contributed by atoms with Crippen molar-refractivity contribution in [3.05, 3.63) is 64.2 Å². The molecule has 5 heteroatoms. The quantitative estimate of drug-likeness (QED) is 0.575. The minimum atomic E-state index is -0.538. The summed E-state index contributed by atoms with van der Waals surface area (Å²) >= 11 is 6.06. The van der Waals surface area contributed by atoms with Crippen LogP contribution in [-0.2, 0) is 22.4 Å². The average Bonchev–Trinajstić information content (AvgIpc) is 2.75. The second kappa shape index (κ2) is 10.8. The van der Waals surface area contributed by atoms with E-state index in [1.165, 1.54) is 5.56 Å². The number of carbonyl (C=O) groups excluding carboxylic acids is 2. The van der Waals surface area contributed by atoms with E-state index in [2.05, 4.69) is 29.6 Å². The van der Waals surface area contributed by atoms with Gasteiger partial charge in [-0.2, -0.15) is 0 Å². The maximum absolute atomic E-state index is 12.8. The van der Waals surface area contributed by atoms with E-state index in [4.69, 9.17) is 11.6 Å². The molecule has 1 aliphatic carbocycles. The third kappa shape index (κ3) is 6.57. The number of benzene rings is 2. The molecule has 0 bridgehead atoms. The van der Waals surface area contributed by atoms with Gasteiger partial charge >= 0.3 is 0 Å². The maximum Gasteiger partial charge on any atom is 0.223 e. The molecular formula is C26H32ClNO3. The predicted molar refractivity (Wildman–Crippen MR) is 124 cm³/mol. The van der Waals surface area contributed by atoms with Gasteiger partial charge in [0.05, 0.1) is 6.04 Å². The van der Waals surface area contributed by atoms with Crippen molar-refractivity contribution in [3.63, 3.8) is 0 Å². The number of ketones is 1. The molecule has 31 heavy (non-hydrogen) atoms. The molecular weight excluding hydrogens is 410 g/mol. The van der Waals surface area contributed by atoms with Gasteiger partial charge in [0.1, 0.15) is 5.75 Å². The predicted octanol–water partition coefficient (Wildman–Crippen LogP) is 5.41. The Morgan fingerprint density at radius 1 is 1.19 bits per heavy atom. The molecule has 0 aromatic heterocycles. The maximum atomic E-state index is 12.8. The summed E-state index contributed by atoms with van der Waals surface area (Å²) in [6.07, 6.45) is 5.60. The van der Waals surface area contributed by atoms with Crippen molar-refractivity contribution in [2.75, 3.05) is 0 Å². The smallest absolute Gasteiger partial charge is 0.223 e. The topological polar surface area (TPSA) is 66.4 Å². The molecule has 0 radical (unpaired) electrons. The molecule has 0 aliphatic heterocycles. The van der Waals surface area contributed by atoms with Crippen molar-refractivity contribution in [3.8, 4) is 5.75 Å². The summed E-state index contributed by atoms with van der Waals surface area (Å²) in [4.78, 5) is 25.4. The minimum Gasteiger partial charge on any atom is -0.507 e. The van der Waals surface area contributed by atoms with Crippen LogP contribution in [0.3, 0.4) is 0 Å². The van der Waals surface area contributed by atoms with Gasteiger partial charge in [0.25, 0.3) is 0 Å². The molecule has 2 N–H and O–H groups in total. The van der Waals surface area contributed by atoms with Crippen LogP contribution in [0, 0.1) is 18.8 Å². The SMILES string of the molecule is Cc1cc(Cl)cc(CCC(=O)[C@H](C)NC(=O)[C@@H]2CCC[C@H](Cc3ccccc3)C2)c1O. The molecule has 2 aromatic carbocycles. The number of amides is 1. The summed E-state index contributed by atoms with van der Waals surface area (Å²) in [5.74, 6) is 0.604. The Kier molecular flexibility index (Phi) is 8.14. The van der Waals surface area contributed by atoms with Crippen molar-refractivity contribution in [2.45, 2.75) is 64.8 Å². The number of hydrogen-bond donors (Lipinski definition) is 2. The molecule has 2 aromatic rings. The van der Waals surface area contributed by atoms with Crippen molar-refractivity contribution in [1.29, 1.82) is 0 Å². The van der Waals surface area contributed by atoms with Gasteiger partial charge in [-0.3, -0.25) is 9.59 Å². The summed E-state index contributed by atoms with van der Waals surface area (Å²) in [6.45, 7) is 3.53. The van der Waals surface area contributed by atoms with Gasteiger partial charge in [0.15, 0.2) is 5.78 Å². The summed E-state index contributed by atoms with van der Waals surface area (Å²) in [6, 6.07) is 13.3. The number of phenols is 1. The van der Waals surface area contributed by atoms with Gasteiger partial charge in [-0.1, -0.05) is 54.8 Å². The van der Waals surface area contributed by atoms with Crippen LogP contribution < -0.4 is 5.32 Å². The molecule has 4 nitrogen and oxygen atoms in total. The summed E-state index contributed by atoms with van der Waals surface area (Å²) in [7, 11) is 0. The van der Waals surface area contributed by atoms with E-state index in [1.54, 1.807) is 26.0 Å². The first kappa shape index (κ1) is 23.3.